The van der Waals surface area contributed by atoms with Crippen LogP contribution in [0.15, 0.2) is 45.4 Å². The highest BCUT2D eigenvalue weighted by molar-refractivity contribution is 6.02. The molecule has 0 atom stereocenters. The topological polar surface area (TPSA) is 102 Å². The third kappa shape index (κ3) is 3.97. The normalized spacial score (nSPS) is 10.6. The zero-order chi connectivity index (χ0) is 17.8. The monoisotopic (exact) mass is 342 g/mol. The van der Waals surface area contributed by atoms with Gasteiger partial charge in [-0.2, -0.15) is 5.10 Å². The second-order valence-electron chi connectivity index (χ2n) is 5.49. The summed E-state index contributed by atoms with van der Waals surface area (Å²) < 4.78 is 11.9. The molecule has 0 saturated heterocycles. The molecule has 0 aliphatic heterocycles. The molecular weight excluding hydrogens is 324 g/mol. The van der Waals surface area contributed by atoms with Crippen molar-refractivity contribution in [1.29, 1.82) is 0 Å². The average molecular weight is 342 g/mol. The van der Waals surface area contributed by atoms with Gasteiger partial charge in [0.1, 0.15) is 17.3 Å². The van der Waals surface area contributed by atoms with E-state index in [1.807, 2.05) is 19.1 Å². The van der Waals surface area contributed by atoms with Crippen LogP contribution in [-0.2, 0) is 13.5 Å². The Morgan fingerprint density at radius 1 is 1.24 bits per heavy atom. The maximum absolute atomic E-state index is 12.2. The first-order valence-corrected chi connectivity index (χ1v) is 7.75. The fourth-order valence-corrected chi connectivity index (χ4v) is 2.29. The second-order valence-corrected chi connectivity index (χ2v) is 5.49. The van der Waals surface area contributed by atoms with E-state index in [1.165, 1.54) is 17.0 Å². The van der Waals surface area contributed by atoms with Gasteiger partial charge in [-0.25, -0.2) is 0 Å². The van der Waals surface area contributed by atoms with E-state index in [0.29, 0.717) is 18.8 Å². The minimum atomic E-state index is -0.409. The Bertz CT molecular complexity index is 876. The van der Waals surface area contributed by atoms with Gasteiger partial charge < -0.3 is 19.5 Å². The number of hydrogen-bond acceptors (Lipinski definition) is 5. The van der Waals surface area contributed by atoms with Crippen molar-refractivity contribution in [2.45, 2.75) is 13.3 Å². The van der Waals surface area contributed by atoms with Gasteiger partial charge in [0.05, 0.1) is 6.26 Å². The second kappa shape index (κ2) is 7.08. The number of amides is 2. The van der Waals surface area contributed by atoms with Crippen LogP contribution in [0.4, 0.5) is 5.82 Å². The van der Waals surface area contributed by atoms with Crippen LogP contribution >= 0.6 is 0 Å². The number of rotatable bonds is 6. The van der Waals surface area contributed by atoms with E-state index in [0.717, 1.165) is 11.5 Å². The van der Waals surface area contributed by atoms with Crippen molar-refractivity contribution in [2.75, 3.05) is 11.9 Å². The number of aromatic nitrogens is 2. The lowest BCUT2D eigenvalue weighted by molar-refractivity contribution is 0.0946. The molecule has 8 heteroatoms. The molecule has 0 aliphatic carbocycles. The van der Waals surface area contributed by atoms with Crippen LogP contribution in [-0.4, -0.2) is 28.1 Å². The molecule has 0 radical (unpaired) electrons. The Balaban J connectivity index is 1.57. The summed E-state index contributed by atoms with van der Waals surface area (Å²) in [5.41, 5.74) is 0.216. The molecule has 0 bridgehead atoms. The molecule has 0 unspecified atom stereocenters. The maximum atomic E-state index is 12.2. The fraction of sp³-hybridized carbons (Fsp3) is 0.235. The van der Waals surface area contributed by atoms with Crippen LogP contribution < -0.4 is 10.6 Å². The molecule has 0 aromatic carbocycles. The Hall–Kier alpha value is -3.29. The van der Waals surface area contributed by atoms with Crippen molar-refractivity contribution in [3.05, 3.63) is 59.6 Å². The Morgan fingerprint density at radius 2 is 2.08 bits per heavy atom. The van der Waals surface area contributed by atoms with E-state index >= 15 is 0 Å². The molecule has 2 N–H and O–H groups in total. The van der Waals surface area contributed by atoms with Crippen molar-refractivity contribution in [3.63, 3.8) is 0 Å². The average Bonchev–Trinajstić information content (AvgIpc) is 3.30. The highest BCUT2D eigenvalue weighted by Crippen LogP contribution is 2.12. The molecule has 3 heterocycles. The third-order valence-electron chi connectivity index (χ3n) is 3.55. The zero-order valence-corrected chi connectivity index (χ0v) is 13.9. The minimum absolute atomic E-state index is 0.181. The predicted octanol–water partition coefficient (Wildman–Crippen LogP) is 2.14. The van der Waals surface area contributed by atoms with E-state index in [4.69, 9.17) is 8.83 Å². The lowest BCUT2D eigenvalue weighted by Gasteiger charge is -2.01. The molecule has 0 saturated carbocycles. The minimum Gasteiger partial charge on any atom is -0.466 e. The molecule has 3 rings (SSSR count). The summed E-state index contributed by atoms with van der Waals surface area (Å²) in [6.45, 7) is 2.30. The number of carbonyl (C=O) groups is 2. The van der Waals surface area contributed by atoms with Crippen LogP contribution in [0.2, 0.25) is 0 Å². The fourth-order valence-electron chi connectivity index (χ4n) is 2.29. The highest BCUT2D eigenvalue weighted by Gasteiger charge is 2.16. The number of furan rings is 2. The molecule has 3 aromatic rings. The van der Waals surface area contributed by atoms with Gasteiger partial charge in [-0.1, -0.05) is 0 Å². The summed E-state index contributed by atoms with van der Waals surface area (Å²) in [7, 11) is 1.64. The first-order valence-electron chi connectivity index (χ1n) is 7.75. The Morgan fingerprint density at radius 3 is 2.76 bits per heavy atom. The summed E-state index contributed by atoms with van der Waals surface area (Å²) in [6.07, 6.45) is 2.01. The van der Waals surface area contributed by atoms with Gasteiger partial charge in [0.15, 0.2) is 11.5 Å². The smallest absolute Gasteiger partial charge is 0.292 e. The largest absolute Gasteiger partial charge is 0.466 e. The molecule has 0 aliphatic rings. The van der Waals surface area contributed by atoms with Gasteiger partial charge in [-0.3, -0.25) is 14.3 Å². The predicted molar refractivity (Wildman–Crippen MR) is 89.4 cm³/mol. The van der Waals surface area contributed by atoms with Crippen molar-refractivity contribution in [1.82, 2.24) is 15.1 Å². The van der Waals surface area contributed by atoms with Gasteiger partial charge in [-0.15, -0.1) is 0 Å². The molecule has 130 valence electrons. The van der Waals surface area contributed by atoms with E-state index in [-0.39, 0.29) is 17.4 Å². The van der Waals surface area contributed by atoms with Crippen molar-refractivity contribution in [2.24, 2.45) is 7.05 Å². The van der Waals surface area contributed by atoms with Crippen LogP contribution in [0, 0.1) is 6.92 Å². The molecule has 0 spiro atoms. The zero-order valence-electron chi connectivity index (χ0n) is 13.9. The van der Waals surface area contributed by atoms with E-state index < -0.39 is 5.91 Å². The number of aryl methyl sites for hydroxylation is 2. The summed E-state index contributed by atoms with van der Waals surface area (Å²) in [5, 5.41) is 9.53. The molecule has 2 amide bonds. The standard InChI is InChI=1S/C17H18N4O4/c1-11-5-6-12(25-11)7-8-18-16(22)13-10-15(21(2)20-13)19-17(23)14-4-3-9-24-14/h3-6,9-10H,7-8H2,1-2H3,(H,18,22)(H,19,23). The van der Waals surface area contributed by atoms with Crippen molar-refractivity contribution >= 4 is 17.6 Å². The number of anilines is 1. The first-order chi connectivity index (χ1) is 12.0. The molecule has 0 fully saturated rings. The van der Waals surface area contributed by atoms with Gasteiger partial charge in [0.2, 0.25) is 0 Å². The summed E-state index contributed by atoms with van der Waals surface area (Å²) >= 11 is 0. The van der Waals surface area contributed by atoms with Crippen molar-refractivity contribution in [3.8, 4) is 0 Å². The van der Waals surface area contributed by atoms with Gasteiger partial charge in [0, 0.05) is 26.1 Å². The van der Waals surface area contributed by atoms with Gasteiger partial charge in [0.25, 0.3) is 11.8 Å². The SMILES string of the molecule is Cc1ccc(CCNC(=O)c2cc(NC(=O)c3ccco3)n(C)n2)o1. The van der Waals surface area contributed by atoms with Gasteiger partial charge in [-0.05, 0) is 31.2 Å². The van der Waals surface area contributed by atoms with Crippen molar-refractivity contribution < 1.29 is 18.4 Å². The van der Waals surface area contributed by atoms with E-state index in [1.54, 1.807) is 19.2 Å². The lowest BCUT2D eigenvalue weighted by Crippen LogP contribution is -2.26. The van der Waals surface area contributed by atoms with Crippen LogP contribution in [0.5, 0.6) is 0 Å². The Kier molecular flexibility index (Phi) is 4.69. The van der Waals surface area contributed by atoms with E-state index in [2.05, 4.69) is 15.7 Å². The highest BCUT2D eigenvalue weighted by atomic mass is 16.3. The molecule has 8 nitrogen and oxygen atoms in total. The quantitative estimate of drug-likeness (QED) is 0.714. The number of nitrogens with zero attached hydrogens (tertiary/aromatic N) is 2. The first kappa shape index (κ1) is 16.6. The molecular formula is C17H18N4O4. The molecule has 3 aromatic heterocycles. The lowest BCUT2D eigenvalue weighted by atomic mass is 10.3. The van der Waals surface area contributed by atoms with Crippen LogP contribution in [0.25, 0.3) is 0 Å². The van der Waals surface area contributed by atoms with Crippen LogP contribution in [0.3, 0.4) is 0 Å². The number of nitrogens with one attached hydrogen (secondary N) is 2. The number of hydrogen-bond donors (Lipinski definition) is 2. The maximum Gasteiger partial charge on any atom is 0.292 e. The summed E-state index contributed by atoms with van der Waals surface area (Å²) in [4.78, 5) is 24.2. The molecule has 25 heavy (non-hydrogen) atoms. The summed E-state index contributed by atoms with van der Waals surface area (Å²) in [6, 6.07) is 8.44. The van der Waals surface area contributed by atoms with E-state index in [9.17, 15) is 9.59 Å². The third-order valence-corrected chi connectivity index (χ3v) is 3.55. The summed E-state index contributed by atoms with van der Waals surface area (Å²) in [5.74, 6) is 1.49. The Labute approximate surface area is 143 Å². The number of carbonyl (C=O) groups excluding carboxylic acids is 2. The van der Waals surface area contributed by atoms with Crippen LogP contribution in [0.1, 0.15) is 32.6 Å². The van der Waals surface area contributed by atoms with Gasteiger partial charge >= 0.3 is 0 Å².